The molecule has 0 saturated heterocycles. The summed E-state index contributed by atoms with van der Waals surface area (Å²) in [6.07, 6.45) is 0. The van der Waals surface area contributed by atoms with Crippen LogP contribution in [-0.2, 0) is 10.0 Å². The highest BCUT2D eigenvalue weighted by Gasteiger charge is 2.29. The van der Waals surface area contributed by atoms with Crippen LogP contribution in [0.15, 0.2) is 82.1 Å². The molecule has 1 N–H and O–H groups in total. The average molecular weight is 392 g/mol. The lowest BCUT2D eigenvalue weighted by Crippen LogP contribution is -2.15. The van der Waals surface area contributed by atoms with Crippen molar-refractivity contribution in [3.63, 3.8) is 0 Å². The summed E-state index contributed by atoms with van der Waals surface area (Å²) < 4.78 is 33.8. The Morgan fingerprint density at radius 3 is 2.43 bits per heavy atom. The van der Waals surface area contributed by atoms with Crippen molar-refractivity contribution in [3.8, 4) is 5.75 Å². The second kappa shape index (κ2) is 6.94. The van der Waals surface area contributed by atoms with E-state index in [1.807, 2.05) is 19.1 Å². The number of hydrogen-bond donors (Lipinski definition) is 1. The molecular weight excluding hydrogens is 376 g/mol. The summed E-state index contributed by atoms with van der Waals surface area (Å²) in [5.74, 6) is -0.0241. The van der Waals surface area contributed by atoms with Crippen LogP contribution in [0.4, 0.5) is 5.69 Å². The first-order valence-electron chi connectivity index (χ1n) is 8.54. The van der Waals surface area contributed by atoms with Crippen LogP contribution in [0, 0.1) is 6.92 Å². The molecule has 3 aromatic rings. The van der Waals surface area contributed by atoms with E-state index < -0.39 is 16.0 Å². The monoisotopic (exact) mass is 392 g/mol. The largest absolute Gasteiger partial charge is 0.421 e. The fourth-order valence-electron chi connectivity index (χ4n) is 2.94. The minimum absolute atomic E-state index is 0.145. The maximum Gasteiger partial charge on any atom is 0.343 e. The van der Waals surface area contributed by atoms with Crippen molar-refractivity contribution in [1.29, 1.82) is 0 Å². The van der Waals surface area contributed by atoms with Crippen LogP contribution in [0.1, 0.15) is 21.5 Å². The first-order chi connectivity index (χ1) is 13.5. The number of nitrogens with zero attached hydrogens (tertiary/aromatic N) is 1. The third-order valence-electron chi connectivity index (χ3n) is 4.34. The molecule has 0 fully saturated rings. The highest BCUT2D eigenvalue weighted by molar-refractivity contribution is 7.90. The number of nitrogens with one attached hydrogen (secondary N) is 1. The lowest BCUT2D eigenvalue weighted by molar-refractivity contribution is 0.0735. The number of para-hydroxylation sites is 2. The van der Waals surface area contributed by atoms with Gasteiger partial charge in [-0.05, 0) is 42.8 Å². The van der Waals surface area contributed by atoms with E-state index in [4.69, 9.17) is 4.74 Å². The van der Waals surface area contributed by atoms with Gasteiger partial charge in [0.2, 0.25) is 0 Å². The van der Waals surface area contributed by atoms with Crippen molar-refractivity contribution < 1.29 is 17.9 Å². The molecule has 1 aliphatic heterocycles. The lowest BCUT2D eigenvalue weighted by atomic mass is 10.1. The van der Waals surface area contributed by atoms with E-state index in [1.165, 1.54) is 6.07 Å². The number of sulfonamides is 1. The van der Waals surface area contributed by atoms with Gasteiger partial charge in [-0.15, -0.1) is 4.40 Å². The van der Waals surface area contributed by atoms with E-state index in [1.54, 1.807) is 54.6 Å². The van der Waals surface area contributed by atoms with E-state index in [0.29, 0.717) is 16.8 Å². The van der Waals surface area contributed by atoms with Gasteiger partial charge >= 0.3 is 5.97 Å². The molecule has 0 saturated carbocycles. The van der Waals surface area contributed by atoms with Gasteiger partial charge < -0.3 is 10.1 Å². The topological polar surface area (TPSA) is 84.8 Å². The van der Waals surface area contributed by atoms with Gasteiger partial charge in [-0.1, -0.05) is 42.5 Å². The van der Waals surface area contributed by atoms with Gasteiger partial charge in [0, 0.05) is 5.56 Å². The smallest absolute Gasteiger partial charge is 0.343 e. The second-order valence-corrected chi connectivity index (χ2v) is 7.81. The lowest BCUT2D eigenvalue weighted by Gasteiger charge is -2.13. The summed E-state index contributed by atoms with van der Waals surface area (Å²) in [7, 11) is -3.74. The van der Waals surface area contributed by atoms with Gasteiger partial charge in [0.15, 0.2) is 11.6 Å². The first-order valence-corrected chi connectivity index (χ1v) is 9.98. The van der Waals surface area contributed by atoms with Gasteiger partial charge in [-0.2, -0.15) is 8.42 Å². The zero-order valence-electron chi connectivity index (χ0n) is 14.9. The van der Waals surface area contributed by atoms with E-state index >= 15 is 0 Å². The van der Waals surface area contributed by atoms with Crippen molar-refractivity contribution in [2.24, 2.45) is 4.40 Å². The predicted octanol–water partition coefficient (Wildman–Crippen LogP) is 3.78. The molecule has 28 heavy (non-hydrogen) atoms. The van der Waals surface area contributed by atoms with Crippen LogP contribution in [0.5, 0.6) is 5.75 Å². The van der Waals surface area contributed by atoms with E-state index in [0.717, 1.165) is 5.56 Å². The fourth-order valence-corrected chi connectivity index (χ4v) is 4.11. The first kappa shape index (κ1) is 17.9. The molecule has 0 amide bonds. The number of fused-ring (bicyclic) bond motifs is 1. The Kier molecular flexibility index (Phi) is 4.44. The van der Waals surface area contributed by atoms with Gasteiger partial charge in [-0.25, -0.2) is 4.79 Å². The number of amidine groups is 1. The van der Waals surface area contributed by atoms with Gasteiger partial charge in [0.05, 0.1) is 11.3 Å². The zero-order chi connectivity index (χ0) is 19.7. The highest BCUT2D eigenvalue weighted by atomic mass is 32.2. The molecule has 0 spiro atoms. The summed E-state index contributed by atoms with van der Waals surface area (Å²) in [5, 5.41) is 2.99. The number of anilines is 1. The summed E-state index contributed by atoms with van der Waals surface area (Å²) in [4.78, 5) is 12.7. The number of carbonyl (C=O) groups is 1. The third-order valence-corrected chi connectivity index (χ3v) is 5.67. The van der Waals surface area contributed by atoms with Crippen LogP contribution in [-0.4, -0.2) is 20.2 Å². The van der Waals surface area contributed by atoms with E-state index in [2.05, 4.69) is 9.71 Å². The molecule has 0 aromatic heterocycles. The third kappa shape index (κ3) is 3.27. The van der Waals surface area contributed by atoms with Crippen molar-refractivity contribution >= 4 is 27.5 Å². The normalized spacial score (nSPS) is 14.1. The Bertz CT molecular complexity index is 1220. The standard InChI is InChI=1S/C21H16N2O4S/c1-14-8-2-3-9-15(14)21(24)27-18-12-6-5-11-17(18)22-20-16-10-4-7-13-19(16)28(25,26)23-20/h2-13H,1H3,(H,22,23). The molecule has 0 radical (unpaired) electrons. The molecule has 0 atom stereocenters. The molecule has 3 aromatic carbocycles. The predicted molar refractivity (Wildman–Crippen MR) is 106 cm³/mol. The fraction of sp³-hybridized carbons (Fsp3) is 0.0476. The van der Waals surface area contributed by atoms with Crippen LogP contribution >= 0.6 is 0 Å². The molecule has 4 rings (SSSR count). The molecule has 1 aliphatic rings. The molecule has 1 heterocycles. The maximum absolute atomic E-state index is 12.5. The van der Waals surface area contributed by atoms with Crippen molar-refractivity contribution in [2.75, 3.05) is 5.32 Å². The van der Waals surface area contributed by atoms with E-state index in [-0.39, 0.29) is 16.5 Å². The SMILES string of the molecule is Cc1ccccc1C(=O)Oc1ccccc1NC1=NS(=O)(=O)c2ccccc21. The number of ether oxygens (including phenoxy) is 1. The summed E-state index contributed by atoms with van der Waals surface area (Å²) in [6.45, 7) is 1.83. The van der Waals surface area contributed by atoms with Crippen LogP contribution < -0.4 is 10.1 Å². The number of hydrogen-bond acceptors (Lipinski definition) is 5. The van der Waals surface area contributed by atoms with Crippen molar-refractivity contribution in [2.45, 2.75) is 11.8 Å². The number of carbonyl (C=O) groups excluding carboxylic acids is 1. The molecule has 6 nitrogen and oxygen atoms in total. The van der Waals surface area contributed by atoms with Crippen LogP contribution in [0.2, 0.25) is 0 Å². The summed E-state index contributed by atoms with van der Waals surface area (Å²) >= 11 is 0. The number of esters is 1. The Balaban J connectivity index is 1.65. The Labute approximate surface area is 162 Å². The zero-order valence-corrected chi connectivity index (χ0v) is 15.7. The summed E-state index contributed by atoms with van der Waals surface area (Å²) in [6, 6.07) is 20.5. The van der Waals surface area contributed by atoms with Gasteiger partial charge in [0.1, 0.15) is 4.90 Å². The summed E-state index contributed by atoms with van der Waals surface area (Å²) in [5.41, 5.74) is 2.18. The molecular formula is C21H16N2O4S. The number of aryl methyl sites for hydroxylation is 1. The molecule has 140 valence electrons. The Morgan fingerprint density at radius 1 is 0.929 bits per heavy atom. The van der Waals surface area contributed by atoms with Gasteiger partial charge in [0.25, 0.3) is 10.0 Å². The minimum Gasteiger partial charge on any atom is -0.421 e. The molecule has 0 unspecified atom stereocenters. The van der Waals surface area contributed by atoms with Crippen molar-refractivity contribution in [3.05, 3.63) is 89.5 Å². The molecule has 0 bridgehead atoms. The van der Waals surface area contributed by atoms with Gasteiger partial charge in [-0.3, -0.25) is 0 Å². The average Bonchev–Trinajstić information content (AvgIpc) is 2.94. The molecule has 0 aliphatic carbocycles. The Hall–Kier alpha value is -3.45. The van der Waals surface area contributed by atoms with Crippen molar-refractivity contribution in [1.82, 2.24) is 0 Å². The molecule has 7 heteroatoms. The maximum atomic E-state index is 12.5. The number of benzene rings is 3. The van der Waals surface area contributed by atoms with Crippen LogP contribution in [0.25, 0.3) is 0 Å². The quantitative estimate of drug-likeness (QED) is 0.542. The van der Waals surface area contributed by atoms with E-state index in [9.17, 15) is 13.2 Å². The number of rotatable bonds is 3. The Morgan fingerprint density at radius 2 is 1.61 bits per heavy atom. The second-order valence-electron chi connectivity index (χ2n) is 6.24. The van der Waals surface area contributed by atoms with Crippen LogP contribution in [0.3, 0.4) is 0 Å². The highest BCUT2D eigenvalue weighted by Crippen LogP contribution is 2.30. The minimum atomic E-state index is -3.74.